The molecule has 0 amide bonds. The van der Waals surface area contributed by atoms with Crippen LogP contribution < -0.4 is 9.47 Å². The zero-order valence-electron chi connectivity index (χ0n) is 38.9. The number of phenols is 2. The molecule has 1 saturated carbocycles. The molecular weight excluding hydrogens is 785 g/mol. The first kappa shape index (κ1) is 43.8. The van der Waals surface area contributed by atoms with Gasteiger partial charge < -0.3 is 19.7 Å². The van der Waals surface area contributed by atoms with Gasteiger partial charge in [-0.05, 0) is 228 Å². The Morgan fingerprint density at radius 2 is 1.03 bits per heavy atom. The van der Waals surface area contributed by atoms with Crippen LogP contribution in [0.1, 0.15) is 143 Å². The molecule has 0 aliphatic heterocycles. The standard InChI is InChI=1S/C60H68O4/c1-38-32-51(59(61)53(34-38)57-40(3)20-8-6-7-9-21-43-22-10-13-25-46(43)57)49-28-16-18-30-55(49)63-41(4)36-42(5)64-56-31-19-17-29-50(56)52-33-39(2)35-54(60(52)62)58-47-26-14-11-23-44(47)37-45-24-12-15-27-48(45)58/h16-19,21,28-35,37,41-42,61-62H,3,6-15,20,22-27,36H2,1-2,4-5H3/b43-21-,57-46?/t41-,42-/m1/s1. The Balaban J connectivity index is 0.982. The van der Waals surface area contributed by atoms with Crippen LogP contribution in [0.5, 0.6) is 23.0 Å². The Bertz CT molecular complexity index is 2590. The number of rotatable bonds is 10. The Morgan fingerprint density at radius 3 is 1.66 bits per heavy atom. The van der Waals surface area contributed by atoms with Crippen molar-refractivity contribution in [3.05, 3.63) is 147 Å². The van der Waals surface area contributed by atoms with E-state index in [0.717, 1.165) is 131 Å². The number of allylic oxidation sites excluding steroid dienone is 5. The summed E-state index contributed by atoms with van der Waals surface area (Å²) in [6.45, 7) is 13.1. The molecule has 4 heteroatoms. The van der Waals surface area contributed by atoms with Crippen LogP contribution in [0.2, 0.25) is 0 Å². The fourth-order valence-electron chi connectivity index (χ4n) is 11.5. The molecule has 0 heterocycles. The Labute approximate surface area is 382 Å². The van der Waals surface area contributed by atoms with Gasteiger partial charge in [0.15, 0.2) is 0 Å². The number of fused-ring (bicyclic) bond motifs is 3. The quantitative estimate of drug-likeness (QED) is 0.147. The van der Waals surface area contributed by atoms with E-state index < -0.39 is 0 Å². The minimum absolute atomic E-state index is 0.188. The molecule has 1 fully saturated rings. The third-order valence-electron chi connectivity index (χ3n) is 14.4. The number of aromatic hydroxyl groups is 2. The van der Waals surface area contributed by atoms with Gasteiger partial charge in [0, 0.05) is 39.8 Å². The number of hydrogen-bond donors (Lipinski definition) is 2. The van der Waals surface area contributed by atoms with Crippen LogP contribution in [-0.2, 0) is 25.7 Å². The average molecular weight is 853 g/mol. The molecule has 5 aromatic rings. The van der Waals surface area contributed by atoms with Crippen molar-refractivity contribution in [2.24, 2.45) is 0 Å². The maximum absolute atomic E-state index is 12.3. The molecule has 0 saturated heterocycles. The van der Waals surface area contributed by atoms with E-state index in [0.29, 0.717) is 17.9 Å². The van der Waals surface area contributed by atoms with Crippen molar-refractivity contribution in [3.8, 4) is 56.4 Å². The van der Waals surface area contributed by atoms with Gasteiger partial charge in [-0.3, -0.25) is 0 Å². The van der Waals surface area contributed by atoms with E-state index in [1.807, 2.05) is 36.4 Å². The van der Waals surface area contributed by atoms with Gasteiger partial charge in [-0.15, -0.1) is 0 Å². The first-order valence-corrected chi connectivity index (χ1v) is 24.6. The molecule has 0 radical (unpaired) electrons. The predicted molar refractivity (Wildman–Crippen MR) is 266 cm³/mol. The highest BCUT2D eigenvalue weighted by Gasteiger charge is 2.28. The number of para-hydroxylation sites is 2. The number of hydrogen-bond acceptors (Lipinski definition) is 4. The van der Waals surface area contributed by atoms with Gasteiger partial charge in [0.2, 0.25) is 0 Å². The smallest absolute Gasteiger partial charge is 0.131 e. The number of aryl methyl sites for hydroxylation is 4. The van der Waals surface area contributed by atoms with Crippen LogP contribution in [0, 0.1) is 13.8 Å². The number of phenolic OH excluding ortho intramolecular Hbond substituents is 2. The highest BCUT2D eigenvalue weighted by Crippen LogP contribution is 2.49. The van der Waals surface area contributed by atoms with Crippen LogP contribution in [0.25, 0.3) is 39.0 Å². The first-order valence-electron chi connectivity index (χ1n) is 24.6. The molecule has 4 aliphatic carbocycles. The van der Waals surface area contributed by atoms with E-state index in [-0.39, 0.29) is 12.2 Å². The SMILES string of the molecule is C=C1CCCCC/C=C2/CCCCC2=C1c1cc(C)cc(-c2ccccc2O[C@H](C)C[C@@H](C)Oc2ccccc2-c2cc(C)cc(-c3c4c(cc5c3CCCC5)CCCC4)c2O)c1O. The van der Waals surface area contributed by atoms with Crippen molar-refractivity contribution in [1.29, 1.82) is 0 Å². The zero-order chi connectivity index (χ0) is 44.3. The molecule has 5 aromatic carbocycles. The van der Waals surface area contributed by atoms with Gasteiger partial charge in [0.25, 0.3) is 0 Å². The Morgan fingerprint density at radius 1 is 0.531 bits per heavy atom. The van der Waals surface area contributed by atoms with Gasteiger partial charge in [-0.1, -0.05) is 61.5 Å². The molecule has 2 N–H and O–H groups in total. The third kappa shape index (κ3) is 9.08. The molecule has 332 valence electrons. The highest BCUT2D eigenvalue weighted by molar-refractivity contribution is 5.91. The fourth-order valence-corrected chi connectivity index (χ4v) is 11.5. The second kappa shape index (κ2) is 19.3. The fraction of sp³-hybridized carbons (Fsp3) is 0.400. The molecular formula is C60H68O4. The summed E-state index contributed by atoms with van der Waals surface area (Å²) in [5.74, 6) is 2.12. The van der Waals surface area contributed by atoms with E-state index in [4.69, 9.17) is 9.47 Å². The summed E-state index contributed by atoms with van der Waals surface area (Å²) in [4.78, 5) is 0. The lowest BCUT2D eigenvalue weighted by molar-refractivity contribution is 0.131. The highest BCUT2D eigenvalue weighted by atomic mass is 16.5. The van der Waals surface area contributed by atoms with Crippen molar-refractivity contribution in [2.75, 3.05) is 0 Å². The van der Waals surface area contributed by atoms with Crippen molar-refractivity contribution in [1.82, 2.24) is 0 Å². The van der Waals surface area contributed by atoms with Gasteiger partial charge in [-0.25, -0.2) is 0 Å². The predicted octanol–water partition coefficient (Wildman–Crippen LogP) is 15.9. The lowest BCUT2D eigenvalue weighted by Gasteiger charge is -2.29. The van der Waals surface area contributed by atoms with Crippen LogP contribution in [-0.4, -0.2) is 22.4 Å². The van der Waals surface area contributed by atoms with Crippen LogP contribution >= 0.6 is 0 Å². The lowest BCUT2D eigenvalue weighted by atomic mass is 9.76. The van der Waals surface area contributed by atoms with E-state index in [9.17, 15) is 10.2 Å². The van der Waals surface area contributed by atoms with Crippen molar-refractivity contribution >= 4 is 5.57 Å². The molecule has 64 heavy (non-hydrogen) atoms. The summed E-state index contributed by atoms with van der Waals surface area (Å²) >= 11 is 0. The molecule has 0 unspecified atom stereocenters. The normalized spacial score (nSPS) is 18.5. The van der Waals surface area contributed by atoms with Gasteiger partial charge in [0.1, 0.15) is 23.0 Å². The minimum atomic E-state index is -0.193. The number of benzene rings is 5. The zero-order valence-corrected chi connectivity index (χ0v) is 38.9. The molecule has 4 aliphatic rings. The van der Waals surface area contributed by atoms with Crippen molar-refractivity contribution in [2.45, 2.75) is 155 Å². The summed E-state index contributed by atoms with van der Waals surface area (Å²) in [6.07, 6.45) is 22.1. The van der Waals surface area contributed by atoms with E-state index in [1.165, 1.54) is 83.9 Å². The first-order chi connectivity index (χ1) is 31.1. The van der Waals surface area contributed by atoms with E-state index in [2.05, 4.69) is 82.8 Å². The van der Waals surface area contributed by atoms with Gasteiger partial charge >= 0.3 is 0 Å². The molecule has 2 atom stereocenters. The maximum Gasteiger partial charge on any atom is 0.131 e. The van der Waals surface area contributed by atoms with Gasteiger partial charge in [0.05, 0.1) is 12.2 Å². The summed E-state index contributed by atoms with van der Waals surface area (Å²) in [5, 5.41) is 24.7. The summed E-state index contributed by atoms with van der Waals surface area (Å²) in [6, 6.07) is 27.3. The lowest BCUT2D eigenvalue weighted by Crippen LogP contribution is -2.23. The molecule has 4 nitrogen and oxygen atoms in total. The summed E-state index contributed by atoms with van der Waals surface area (Å²) in [7, 11) is 0. The van der Waals surface area contributed by atoms with Crippen molar-refractivity contribution < 1.29 is 19.7 Å². The average Bonchev–Trinajstić information content (AvgIpc) is 3.29. The molecule has 0 bridgehead atoms. The second-order valence-corrected chi connectivity index (χ2v) is 19.4. The summed E-state index contributed by atoms with van der Waals surface area (Å²) in [5.41, 5.74) is 19.7. The van der Waals surface area contributed by atoms with Crippen LogP contribution in [0.3, 0.4) is 0 Å². The van der Waals surface area contributed by atoms with Crippen LogP contribution in [0.4, 0.5) is 0 Å². The van der Waals surface area contributed by atoms with Gasteiger partial charge in [-0.2, -0.15) is 0 Å². The topological polar surface area (TPSA) is 58.9 Å². The molecule has 0 spiro atoms. The van der Waals surface area contributed by atoms with Crippen LogP contribution in [0.15, 0.2) is 108 Å². The molecule has 9 rings (SSSR count). The Hall–Kier alpha value is -5.48. The van der Waals surface area contributed by atoms with Crippen molar-refractivity contribution in [3.63, 3.8) is 0 Å². The largest absolute Gasteiger partial charge is 0.507 e. The maximum atomic E-state index is 12.3. The third-order valence-corrected chi connectivity index (χ3v) is 14.4. The monoisotopic (exact) mass is 853 g/mol. The molecule has 0 aromatic heterocycles. The number of ether oxygens (including phenoxy) is 2. The second-order valence-electron chi connectivity index (χ2n) is 19.4. The Kier molecular flexibility index (Phi) is 13.2. The summed E-state index contributed by atoms with van der Waals surface area (Å²) < 4.78 is 13.6. The van der Waals surface area contributed by atoms with E-state index >= 15 is 0 Å². The minimum Gasteiger partial charge on any atom is -0.507 e. The van der Waals surface area contributed by atoms with E-state index in [1.54, 1.807) is 0 Å².